The summed E-state index contributed by atoms with van der Waals surface area (Å²) in [5, 5.41) is 17.0. The van der Waals surface area contributed by atoms with Crippen molar-refractivity contribution in [2.24, 2.45) is 5.92 Å². The summed E-state index contributed by atoms with van der Waals surface area (Å²) >= 11 is 0. The van der Waals surface area contributed by atoms with Crippen LogP contribution in [-0.2, 0) is 14.8 Å². The number of sulfonamides is 1. The van der Waals surface area contributed by atoms with Crippen molar-refractivity contribution in [2.75, 3.05) is 26.2 Å². The molecule has 2 heterocycles. The molecular weight excluding hydrogens is 408 g/mol. The van der Waals surface area contributed by atoms with Gasteiger partial charge < -0.3 is 10.6 Å². The highest BCUT2D eigenvalue weighted by Gasteiger charge is 2.34. The van der Waals surface area contributed by atoms with Crippen LogP contribution in [0.1, 0.15) is 25.7 Å². The molecule has 0 radical (unpaired) electrons. The fourth-order valence-electron chi connectivity index (χ4n) is 3.55. The molecular formula is C17H25ClN4O5S. The number of hydrogen-bond acceptors (Lipinski definition) is 6. The van der Waals surface area contributed by atoms with Gasteiger partial charge in [0, 0.05) is 31.3 Å². The number of amides is 1. The summed E-state index contributed by atoms with van der Waals surface area (Å²) in [5.74, 6) is -0.466. The third kappa shape index (κ3) is 5.19. The highest BCUT2D eigenvalue weighted by atomic mass is 35.5. The third-order valence-electron chi connectivity index (χ3n) is 5.13. The minimum absolute atomic E-state index is 0. The number of non-ortho nitro benzene ring substituents is 1. The molecule has 2 fully saturated rings. The molecule has 9 nitrogen and oxygen atoms in total. The average molecular weight is 433 g/mol. The Morgan fingerprint density at radius 1 is 1.18 bits per heavy atom. The Kier molecular flexibility index (Phi) is 7.76. The van der Waals surface area contributed by atoms with Crippen LogP contribution in [0, 0.1) is 16.0 Å². The zero-order valence-corrected chi connectivity index (χ0v) is 17.0. The van der Waals surface area contributed by atoms with Crippen molar-refractivity contribution in [3.05, 3.63) is 34.4 Å². The van der Waals surface area contributed by atoms with E-state index in [1.165, 1.54) is 28.6 Å². The topological polar surface area (TPSA) is 122 Å². The summed E-state index contributed by atoms with van der Waals surface area (Å²) in [5.41, 5.74) is -0.160. The van der Waals surface area contributed by atoms with Crippen molar-refractivity contribution in [1.29, 1.82) is 0 Å². The van der Waals surface area contributed by atoms with Gasteiger partial charge >= 0.3 is 0 Å². The summed E-state index contributed by atoms with van der Waals surface area (Å²) in [6, 6.07) is 4.98. The van der Waals surface area contributed by atoms with Crippen LogP contribution in [0.4, 0.5) is 5.69 Å². The second kappa shape index (κ2) is 9.64. The molecule has 1 aromatic carbocycles. The second-order valence-corrected chi connectivity index (χ2v) is 8.92. The lowest BCUT2D eigenvalue weighted by Crippen LogP contribution is -2.49. The summed E-state index contributed by atoms with van der Waals surface area (Å²) in [4.78, 5) is 22.7. The normalized spacial score (nSPS) is 21.5. The number of carbonyl (C=O) groups excluding carboxylic acids is 1. The first-order valence-corrected chi connectivity index (χ1v) is 10.6. The lowest BCUT2D eigenvalue weighted by atomic mass is 9.97. The molecule has 2 saturated heterocycles. The van der Waals surface area contributed by atoms with Gasteiger partial charge in [-0.3, -0.25) is 14.9 Å². The monoisotopic (exact) mass is 432 g/mol. The number of piperidine rings is 2. The number of rotatable bonds is 5. The van der Waals surface area contributed by atoms with E-state index in [0.717, 1.165) is 25.9 Å². The molecule has 1 aromatic rings. The number of benzene rings is 1. The van der Waals surface area contributed by atoms with Gasteiger partial charge in [0.25, 0.3) is 5.69 Å². The number of nitro groups is 1. The van der Waals surface area contributed by atoms with E-state index in [1.54, 1.807) is 0 Å². The van der Waals surface area contributed by atoms with Gasteiger partial charge in [0.1, 0.15) is 0 Å². The standard InChI is InChI=1S/C17H24N4O5S.ClH/c22-17(19-14-7-9-18-10-8-14)13-2-1-11-20(12-13)27(25,26)16-5-3-15(4-6-16)21(23)24;/h3-6,13-14,18H,1-2,7-12H2,(H,19,22);1H. The molecule has 1 unspecified atom stereocenters. The number of hydrogen-bond donors (Lipinski definition) is 2. The van der Waals surface area contributed by atoms with Gasteiger partial charge in [-0.05, 0) is 50.9 Å². The number of halogens is 1. The van der Waals surface area contributed by atoms with Crippen LogP contribution in [0.2, 0.25) is 0 Å². The van der Waals surface area contributed by atoms with Crippen molar-refractivity contribution in [2.45, 2.75) is 36.6 Å². The molecule has 2 aliphatic rings. The van der Waals surface area contributed by atoms with E-state index < -0.39 is 14.9 Å². The van der Waals surface area contributed by atoms with Crippen LogP contribution < -0.4 is 10.6 Å². The predicted octanol–water partition coefficient (Wildman–Crippen LogP) is 1.29. The van der Waals surface area contributed by atoms with Gasteiger partial charge in [-0.2, -0.15) is 4.31 Å². The van der Waals surface area contributed by atoms with E-state index in [1.807, 2.05) is 0 Å². The lowest BCUT2D eigenvalue weighted by Gasteiger charge is -2.32. The fourth-order valence-corrected chi connectivity index (χ4v) is 5.07. The molecule has 0 saturated carbocycles. The average Bonchev–Trinajstić information content (AvgIpc) is 2.69. The van der Waals surface area contributed by atoms with Gasteiger partial charge in [-0.15, -0.1) is 12.4 Å². The van der Waals surface area contributed by atoms with Crippen LogP contribution >= 0.6 is 12.4 Å². The van der Waals surface area contributed by atoms with Crippen LogP contribution in [0.25, 0.3) is 0 Å². The summed E-state index contributed by atoms with van der Waals surface area (Å²) in [6.07, 6.45) is 3.02. The maximum Gasteiger partial charge on any atom is 0.269 e. The van der Waals surface area contributed by atoms with Crippen molar-refractivity contribution in [1.82, 2.24) is 14.9 Å². The Labute approximate surface area is 170 Å². The summed E-state index contributed by atoms with van der Waals surface area (Å²) in [7, 11) is -3.78. The van der Waals surface area contributed by atoms with Gasteiger partial charge in [0.2, 0.25) is 15.9 Å². The summed E-state index contributed by atoms with van der Waals surface area (Å²) < 4.78 is 27.0. The van der Waals surface area contributed by atoms with Gasteiger partial charge in [0.05, 0.1) is 15.7 Å². The molecule has 28 heavy (non-hydrogen) atoms. The maximum absolute atomic E-state index is 12.8. The van der Waals surface area contributed by atoms with Gasteiger partial charge in [-0.1, -0.05) is 0 Å². The van der Waals surface area contributed by atoms with E-state index in [2.05, 4.69) is 10.6 Å². The molecule has 0 aromatic heterocycles. The van der Waals surface area contributed by atoms with Crippen LogP contribution in [0.15, 0.2) is 29.2 Å². The minimum atomic E-state index is -3.78. The van der Waals surface area contributed by atoms with Gasteiger partial charge in [-0.25, -0.2) is 8.42 Å². The molecule has 0 bridgehead atoms. The molecule has 1 atom stereocenters. The van der Waals surface area contributed by atoms with Crippen molar-refractivity contribution >= 4 is 34.0 Å². The quantitative estimate of drug-likeness (QED) is 0.534. The Morgan fingerprint density at radius 3 is 2.43 bits per heavy atom. The molecule has 2 aliphatic heterocycles. The highest BCUT2D eigenvalue weighted by Crippen LogP contribution is 2.25. The van der Waals surface area contributed by atoms with E-state index in [0.29, 0.717) is 19.4 Å². The largest absolute Gasteiger partial charge is 0.353 e. The van der Waals surface area contributed by atoms with Crippen molar-refractivity contribution in [3.63, 3.8) is 0 Å². The predicted molar refractivity (Wildman–Crippen MR) is 106 cm³/mol. The molecule has 0 spiro atoms. The Morgan fingerprint density at radius 2 is 1.82 bits per heavy atom. The fraction of sp³-hybridized carbons (Fsp3) is 0.588. The van der Waals surface area contributed by atoms with Crippen LogP contribution in [0.3, 0.4) is 0 Å². The van der Waals surface area contributed by atoms with Crippen LogP contribution in [-0.4, -0.2) is 55.8 Å². The number of nitrogens with one attached hydrogen (secondary N) is 2. The van der Waals surface area contributed by atoms with E-state index in [4.69, 9.17) is 0 Å². The number of carbonyl (C=O) groups is 1. The van der Waals surface area contributed by atoms with E-state index >= 15 is 0 Å². The first kappa shape index (κ1) is 22.5. The van der Waals surface area contributed by atoms with E-state index in [-0.39, 0.29) is 47.4 Å². The lowest BCUT2D eigenvalue weighted by molar-refractivity contribution is -0.384. The van der Waals surface area contributed by atoms with Crippen molar-refractivity contribution < 1.29 is 18.1 Å². The molecule has 2 N–H and O–H groups in total. The SMILES string of the molecule is Cl.O=C(NC1CCNCC1)C1CCCN(S(=O)(=O)c2ccc([N+](=O)[O-])cc2)C1. The minimum Gasteiger partial charge on any atom is -0.353 e. The summed E-state index contributed by atoms with van der Waals surface area (Å²) in [6.45, 7) is 2.22. The first-order chi connectivity index (χ1) is 12.9. The van der Waals surface area contributed by atoms with Crippen molar-refractivity contribution in [3.8, 4) is 0 Å². The smallest absolute Gasteiger partial charge is 0.269 e. The van der Waals surface area contributed by atoms with Gasteiger partial charge in [0.15, 0.2) is 0 Å². The zero-order valence-electron chi connectivity index (χ0n) is 15.4. The molecule has 3 rings (SSSR count). The Hall–Kier alpha value is -1.75. The second-order valence-electron chi connectivity index (χ2n) is 6.99. The van der Waals surface area contributed by atoms with E-state index in [9.17, 15) is 23.3 Å². The molecule has 156 valence electrons. The highest BCUT2D eigenvalue weighted by molar-refractivity contribution is 7.89. The van der Waals surface area contributed by atoms with Crippen LogP contribution in [0.5, 0.6) is 0 Å². The zero-order chi connectivity index (χ0) is 19.4. The molecule has 11 heteroatoms. The number of nitro benzene ring substituents is 1. The molecule has 0 aliphatic carbocycles. The Bertz CT molecular complexity index is 796. The molecule has 1 amide bonds. The number of nitrogens with zero attached hydrogens (tertiary/aromatic N) is 2. The maximum atomic E-state index is 12.8. The third-order valence-corrected chi connectivity index (χ3v) is 7.01. The Balaban J connectivity index is 0.00000280. The first-order valence-electron chi connectivity index (χ1n) is 9.13.